The number of piperidine rings is 1. The molecule has 1 aromatic heterocycles. The number of aliphatic carboxylic acids is 1. The Labute approximate surface area is 128 Å². The van der Waals surface area contributed by atoms with Crippen molar-refractivity contribution in [3.63, 3.8) is 0 Å². The summed E-state index contributed by atoms with van der Waals surface area (Å²) in [5, 5.41) is 9.18. The van der Waals surface area contributed by atoms with E-state index < -0.39 is 33.9 Å². The number of H-pyrrole nitrogens is 1. The average Bonchev–Trinajstić information content (AvgIpc) is 2.96. The first-order chi connectivity index (χ1) is 10.3. The van der Waals surface area contributed by atoms with E-state index in [0.717, 1.165) is 0 Å². The van der Waals surface area contributed by atoms with Gasteiger partial charge in [0.05, 0.1) is 13.0 Å². The van der Waals surface area contributed by atoms with Crippen LogP contribution >= 0.6 is 0 Å². The third kappa shape index (κ3) is 2.86. The third-order valence-corrected chi connectivity index (χ3v) is 5.88. The fourth-order valence-corrected chi connectivity index (χ4v) is 4.37. The molecule has 122 valence electrons. The number of rotatable bonds is 4. The fraction of sp³-hybridized carbons (Fsp3) is 0.538. The molecular formula is C13H18N2O6S. The molecule has 0 radical (unpaired) electrons. The summed E-state index contributed by atoms with van der Waals surface area (Å²) in [4.78, 5) is 25.1. The molecule has 1 aliphatic heterocycles. The van der Waals surface area contributed by atoms with Crippen LogP contribution in [0.2, 0.25) is 0 Å². The fourth-order valence-electron chi connectivity index (χ4n) is 2.67. The van der Waals surface area contributed by atoms with Crippen molar-refractivity contribution in [2.24, 2.45) is 5.92 Å². The summed E-state index contributed by atoms with van der Waals surface area (Å²) >= 11 is 0. The van der Waals surface area contributed by atoms with Crippen molar-refractivity contribution >= 4 is 22.0 Å². The molecule has 8 nitrogen and oxygen atoms in total. The molecule has 0 spiro atoms. The molecule has 9 heteroatoms. The number of sulfonamides is 1. The minimum Gasteiger partial charge on any atom is -0.481 e. The number of aromatic nitrogens is 1. The van der Waals surface area contributed by atoms with E-state index in [4.69, 9.17) is 0 Å². The minimum absolute atomic E-state index is 0.0283. The predicted octanol–water partition coefficient (Wildman–Crippen LogP) is 0.675. The van der Waals surface area contributed by atoms with Crippen LogP contribution in [0.25, 0.3) is 0 Å². The number of aromatic amines is 1. The van der Waals surface area contributed by atoms with Gasteiger partial charge < -0.3 is 14.8 Å². The maximum absolute atomic E-state index is 12.7. The maximum atomic E-state index is 12.7. The van der Waals surface area contributed by atoms with Crippen molar-refractivity contribution in [1.82, 2.24) is 9.29 Å². The summed E-state index contributed by atoms with van der Waals surface area (Å²) in [6.07, 6.45) is 2.14. The van der Waals surface area contributed by atoms with E-state index in [2.05, 4.69) is 9.72 Å². The molecule has 22 heavy (non-hydrogen) atoms. The summed E-state index contributed by atoms with van der Waals surface area (Å²) in [5.41, 5.74) is 0.0283. The standard InChI is InChI=1S/C13H18N2O6S/c1-8-10(12(16)17)4-3-5-15(8)22(19,20)9-6-11(14-7-9)13(18)21-2/h6-8,10,14H,3-5H2,1-2H3,(H,16,17)/t8-,10-/m0/s1. The molecule has 1 aromatic rings. The number of nitrogens with zero attached hydrogens (tertiary/aromatic N) is 1. The molecule has 0 aliphatic carbocycles. The average molecular weight is 330 g/mol. The smallest absolute Gasteiger partial charge is 0.354 e. The highest BCUT2D eigenvalue weighted by atomic mass is 32.2. The van der Waals surface area contributed by atoms with E-state index in [1.54, 1.807) is 6.92 Å². The molecule has 2 rings (SSSR count). The van der Waals surface area contributed by atoms with Gasteiger partial charge in [0.1, 0.15) is 10.6 Å². The number of hydrogen-bond acceptors (Lipinski definition) is 5. The van der Waals surface area contributed by atoms with E-state index in [9.17, 15) is 23.1 Å². The highest BCUT2D eigenvalue weighted by Crippen LogP contribution is 2.29. The lowest BCUT2D eigenvalue weighted by molar-refractivity contribution is -0.144. The number of ether oxygens (including phenoxy) is 1. The lowest BCUT2D eigenvalue weighted by Crippen LogP contribution is -2.48. The number of methoxy groups -OCH3 is 1. The highest BCUT2D eigenvalue weighted by Gasteiger charge is 2.40. The quantitative estimate of drug-likeness (QED) is 0.784. The molecule has 2 N–H and O–H groups in total. The van der Waals surface area contributed by atoms with E-state index in [1.807, 2.05) is 0 Å². The van der Waals surface area contributed by atoms with Crippen molar-refractivity contribution < 1.29 is 27.9 Å². The Kier molecular flexibility index (Phi) is 4.57. The van der Waals surface area contributed by atoms with Crippen molar-refractivity contribution in [2.45, 2.75) is 30.7 Å². The Morgan fingerprint density at radius 3 is 2.73 bits per heavy atom. The molecule has 0 aromatic carbocycles. The first-order valence-corrected chi connectivity index (χ1v) is 8.24. The second kappa shape index (κ2) is 6.09. The van der Waals surface area contributed by atoms with E-state index in [0.29, 0.717) is 12.8 Å². The molecule has 2 atom stereocenters. The summed E-state index contributed by atoms with van der Waals surface area (Å²) in [6, 6.07) is 0.547. The van der Waals surface area contributed by atoms with Gasteiger partial charge >= 0.3 is 11.9 Å². The monoisotopic (exact) mass is 330 g/mol. The van der Waals surface area contributed by atoms with Crippen LogP contribution in [0.5, 0.6) is 0 Å². The van der Waals surface area contributed by atoms with Crippen molar-refractivity contribution in [1.29, 1.82) is 0 Å². The topological polar surface area (TPSA) is 117 Å². The largest absolute Gasteiger partial charge is 0.481 e. The molecule has 0 bridgehead atoms. The summed E-state index contributed by atoms with van der Waals surface area (Å²) < 4.78 is 31.0. The minimum atomic E-state index is -3.87. The van der Waals surface area contributed by atoms with Gasteiger partial charge in [0, 0.05) is 18.8 Å². The van der Waals surface area contributed by atoms with Crippen LogP contribution < -0.4 is 0 Å². The first-order valence-electron chi connectivity index (χ1n) is 6.80. The third-order valence-electron chi connectivity index (χ3n) is 3.92. The molecule has 1 aliphatic rings. The van der Waals surface area contributed by atoms with Crippen molar-refractivity contribution in [2.75, 3.05) is 13.7 Å². The lowest BCUT2D eigenvalue weighted by atomic mass is 9.92. The van der Waals surface area contributed by atoms with Crippen LogP contribution in [0.4, 0.5) is 0 Å². The van der Waals surface area contributed by atoms with Crippen molar-refractivity contribution in [3.8, 4) is 0 Å². The van der Waals surface area contributed by atoms with Crippen LogP contribution in [0.15, 0.2) is 17.2 Å². The van der Waals surface area contributed by atoms with Gasteiger partial charge in [-0.3, -0.25) is 4.79 Å². The van der Waals surface area contributed by atoms with E-state index in [-0.39, 0.29) is 17.1 Å². The Morgan fingerprint density at radius 2 is 2.14 bits per heavy atom. The number of carbonyl (C=O) groups excluding carboxylic acids is 1. The first kappa shape index (κ1) is 16.5. The van der Waals surface area contributed by atoms with Gasteiger partial charge in [-0.2, -0.15) is 4.31 Å². The second-order valence-corrected chi connectivity index (χ2v) is 7.07. The van der Waals surface area contributed by atoms with Crippen LogP contribution in [0.3, 0.4) is 0 Å². The lowest BCUT2D eigenvalue weighted by Gasteiger charge is -2.36. The van der Waals surface area contributed by atoms with Gasteiger partial charge in [-0.05, 0) is 25.8 Å². The Bertz CT molecular complexity index is 680. The van der Waals surface area contributed by atoms with E-state index >= 15 is 0 Å². The number of hydrogen-bond donors (Lipinski definition) is 2. The number of esters is 1. The number of carboxylic acid groups (broad SMARTS) is 1. The predicted molar refractivity (Wildman–Crippen MR) is 75.8 cm³/mol. The normalized spacial score (nSPS) is 23.2. The van der Waals surface area contributed by atoms with E-state index in [1.165, 1.54) is 23.7 Å². The highest BCUT2D eigenvalue weighted by molar-refractivity contribution is 7.89. The zero-order valence-corrected chi connectivity index (χ0v) is 13.1. The van der Waals surface area contributed by atoms with Gasteiger partial charge in [-0.25, -0.2) is 13.2 Å². The summed E-state index contributed by atoms with van der Waals surface area (Å²) in [5.74, 6) is -2.41. The van der Waals surface area contributed by atoms with Gasteiger partial charge in [-0.15, -0.1) is 0 Å². The van der Waals surface area contributed by atoms with Gasteiger partial charge in [0.2, 0.25) is 10.0 Å². The van der Waals surface area contributed by atoms with Crippen LogP contribution in [0.1, 0.15) is 30.3 Å². The molecule has 0 amide bonds. The van der Waals surface area contributed by atoms with Crippen LogP contribution in [-0.4, -0.2) is 54.4 Å². The number of carboxylic acids is 1. The molecule has 0 saturated carbocycles. The number of carbonyl (C=O) groups is 2. The second-order valence-electron chi connectivity index (χ2n) is 5.18. The van der Waals surface area contributed by atoms with Gasteiger partial charge in [-0.1, -0.05) is 0 Å². The van der Waals surface area contributed by atoms with Gasteiger partial charge in [0.25, 0.3) is 0 Å². The van der Waals surface area contributed by atoms with Crippen LogP contribution in [-0.2, 0) is 19.6 Å². The molecule has 1 fully saturated rings. The maximum Gasteiger partial charge on any atom is 0.354 e. The molecular weight excluding hydrogens is 312 g/mol. The molecule has 0 unspecified atom stereocenters. The SMILES string of the molecule is COC(=O)c1cc(S(=O)(=O)N2CCC[C@H](C(=O)O)[C@@H]2C)c[nH]1. The summed E-state index contributed by atoms with van der Waals surface area (Å²) in [6.45, 7) is 1.84. The molecule has 1 saturated heterocycles. The Balaban J connectivity index is 2.31. The summed E-state index contributed by atoms with van der Waals surface area (Å²) in [7, 11) is -2.67. The van der Waals surface area contributed by atoms with Gasteiger partial charge in [0.15, 0.2) is 0 Å². The van der Waals surface area contributed by atoms with Crippen molar-refractivity contribution in [3.05, 3.63) is 18.0 Å². The zero-order chi connectivity index (χ0) is 16.5. The van der Waals surface area contributed by atoms with Crippen LogP contribution in [0, 0.1) is 5.92 Å². The molecule has 2 heterocycles. The Morgan fingerprint density at radius 1 is 1.45 bits per heavy atom. The number of nitrogens with one attached hydrogen (secondary N) is 1. The zero-order valence-electron chi connectivity index (χ0n) is 12.3. The Hall–Kier alpha value is -1.87.